The summed E-state index contributed by atoms with van der Waals surface area (Å²) < 4.78 is 16.1. The average Bonchev–Trinajstić information content (AvgIpc) is 3.48. The van der Waals surface area contributed by atoms with Crippen LogP contribution in [-0.2, 0) is 6.54 Å². The number of likely N-dealkylation sites (tertiary alicyclic amines) is 1. The molecule has 1 fully saturated rings. The second-order valence-electron chi connectivity index (χ2n) is 7.98. The van der Waals surface area contributed by atoms with E-state index >= 15 is 0 Å². The van der Waals surface area contributed by atoms with Crippen molar-refractivity contribution in [3.63, 3.8) is 0 Å². The van der Waals surface area contributed by atoms with E-state index in [1.165, 1.54) is 6.07 Å². The van der Waals surface area contributed by atoms with Gasteiger partial charge in [-0.05, 0) is 49.1 Å². The summed E-state index contributed by atoms with van der Waals surface area (Å²) >= 11 is 0. The average molecular weight is 403 g/mol. The fourth-order valence-corrected chi connectivity index (χ4v) is 4.41. The Balaban J connectivity index is 1.33. The molecule has 1 saturated heterocycles. The van der Waals surface area contributed by atoms with Crippen molar-refractivity contribution in [2.24, 2.45) is 5.92 Å². The van der Waals surface area contributed by atoms with Crippen molar-refractivity contribution < 1.29 is 9.18 Å². The molecule has 0 radical (unpaired) electrons. The lowest BCUT2D eigenvalue weighted by Crippen LogP contribution is -2.34. The van der Waals surface area contributed by atoms with Gasteiger partial charge in [-0.2, -0.15) is 10.2 Å². The molecule has 0 bridgehead atoms. The molecule has 4 aromatic rings. The number of H-pyrrole nitrogens is 1. The van der Waals surface area contributed by atoms with Gasteiger partial charge < -0.3 is 4.90 Å². The maximum absolute atomic E-state index is 14.1. The summed E-state index contributed by atoms with van der Waals surface area (Å²) in [6.45, 7) is 3.35. The number of hydrogen-bond donors (Lipinski definition) is 1. The molecule has 6 nitrogen and oxygen atoms in total. The predicted molar refractivity (Wildman–Crippen MR) is 112 cm³/mol. The first-order valence-corrected chi connectivity index (χ1v) is 10.1. The third-order valence-electron chi connectivity index (χ3n) is 5.93. The highest BCUT2D eigenvalue weighted by Crippen LogP contribution is 2.29. The van der Waals surface area contributed by atoms with E-state index < -0.39 is 5.82 Å². The zero-order valence-corrected chi connectivity index (χ0v) is 16.6. The molecule has 0 aliphatic carbocycles. The highest BCUT2D eigenvalue weighted by molar-refractivity contribution is 5.94. The van der Waals surface area contributed by atoms with Crippen LogP contribution >= 0.6 is 0 Å². The molecule has 1 aliphatic heterocycles. The van der Waals surface area contributed by atoms with Gasteiger partial charge in [0.15, 0.2) is 0 Å². The van der Waals surface area contributed by atoms with E-state index in [1.54, 1.807) is 29.3 Å². The number of carbonyl (C=O) groups excluding carboxylic acids is 1. The molecule has 30 heavy (non-hydrogen) atoms. The smallest absolute Gasteiger partial charge is 0.257 e. The number of amides is 1. The second-order valence-corrected chi connectivity index (χ2v) is 7.98. The van der Waals surface area contributed by atoms with Crippen molar-refractivity contribution in [1.29, 1.82) is 0 Å². The summed E-state index contributed by atoms with van der Waals surface area (Å²) in [6.07, 6.45) is 6.41. The Morgan fingerprint density at radius 3 is 2.87 bits per heavy atom. The molecule has 2 aromatic heterocycles. The maximum atomic E-state index is 14.1. The molecule has 1 amide bonds. The first-order chi connectivity index (χ1) is 14.6. The molecule has 5 rings (SSSR count). The standard InChI is InChI=1S/C23H22FN5O/c1-15-8-16(13-28(15)23(30)20-4-2-3-5-21(20)24)14-29-22-7-6-17(9-18(22)12-27-29)19-10-25-26-11-19/h2-7,9-12,15-16H,8,13-14H2,1H3,(H,25,26)/t15-,16-/m1/s1. The maximum Gasteiger partial charge on any atom is 0.257 e. The highest BCUT2D eigenvalue weighted by atomic mass is 19.1. The zero-order chi connectivity index (χ0) is 20.7. The second kappa shape index (κ2) is 7.40. The van der Waals surface area contributed by atoms with Crippen molar-refractivity contribution in [1.82, 2.24) is 24.9 Å². The summed E-state index contributed by atoms with van der Waals surface area (Å²) in [5.41, 5.74) is 3.33. The van der Waals surface area contributed by atoms with Crippen LogP contribution in [0.2, 0.25) is 0 Å². The number of carbonyl (C=O) groups is 1. The van der Waals surface area contributed by atoms with Crippen LogP contribution in [0.5, 0.6) is 0 Å². The third-order valence-corrected chi connectivity index (χ3v) is 5.93. The van der Waals surface area contributed by atoms with Gasteiger partial charge in [-0.25, -0.2) is 4.39 Å². The minimum atomic E-state index is -0.468. The van der Waals surface area contributed by atoms with Gasteiger partial charge >= 0.3 is 0 Å². The Bertz CT molecular complexity index is 1200. The van der Waals surface area contributed by atoms with Crippen molar-refractivity contribution in [3.8, 4) is 11.1 Å². The molecule has 0 saturated carbocycles. The minimum absolute atomic E-state index is 0.0663. The molecule has 7 heteroatoms. The number of nitrogens with one attached hydrogen (secondary N) is 1. The van der Waals surface area contributed by atoms with E-state index in [0.29, 0.717) is 6.54 Å². The lowest BCUT2D eigenvalue weighted by Gasteiger charge is -2.21. The van der Waals surface area contributed by atoms with Crippen molar-refractivity contribution in [3.05, 3.63) is 72.4 Å². The molecule has 2 atom stereocenters. The number of aromatic nitrogens is 4. The number of hydrogen-bond acceptors (Lipinski definition) is 3. The molecular weight excluding hydrogens is 381 g/mol. The number of aromatic amines is 1. The Morgan fingerprint density at radius 1 is 1.20 bits per heavy atom. The number of nitrogens with zero attached hydrogens (tertiary/aromatic N) is 4. The van der Waals surface area contributed by atoms with Crippen LogP contribution in [0.4, 0.5) is 4.39 Å². The quantitative estimate of drug-likeness (QED) is 0.557. The Morgan fingerprint density at radius 2 is 2.07 bits per heavy atom. The topological polar surface area (TPSA) is 66.8 Å². The van der Waals surface area contributed by atoms with Gasteiger partial charge in [0.05, 0.1) is 23.5 Å². The largest absolute Gasteiger partial charge is 0.335 e. The van der Waals surface area contributed by atoms with E-state index in [2.05, 4.69) is 33.5 Å². The number of halogens is 1. The third kappa shape index (κ3) is 3.26. The normalized spacial score (nSPS) is 18.9. The van der Waals surface area contributed by atoms with Crippen LogP contribution in [0.3, 0.4) is 0 Å². The minimum Gasteiger partial charge on any atom is -0.335 e. The van der Waals surface area contributed by atoms with E-state index in [-0.39, 0.29) is 23.4 Å². The molecule has 3 heterocycles. The number of benzene rings is 2. The lowest BCUT2D eigenvalue weighted by molar-refractivity contribution is 0.0737. The molecule has 2 aromatic carbocycles. The predicted octanol–water partition coefficient (Wildman–Crippen LogP) is 4.12. The van der Waals surface area contributed by atoms with Gasteiger partial charge in [0.2, 0.25) is 0 Å². The van der Waals surface area contributed by atoms with E-state index in [4.69, 9.17) is 0 Å². The summed E-state index contributed by atoms with van der Waals surface area (Å²) in [5.74, 6) is -0.435. The van der Waals surface area contributed by atoms with Gasteiger partial charge in [-0.15, -0.1) is 0 Å². The van der Waals surface area contributed by atoms with Crippen molar-refractivity contribution in [2.75, 3.05) is 6.54 Å². The molecule has 0 spiro atoms. The summed E-state index contributed by atoms with van der Waals surface area (Å²) in [6, 6.07) is 12.5. The van der Waals surface area contributed by atoms with Gasteiger partial charge in [0.1, 0.15) is 5.82 Å². The van der Waals surface area contributed by atoms with Gasteiger partial charge in [0, 0.05) is 36.3 Å². The van der Waals surface area contributed by atoms with E-state index in [0.717, 1.165) is 35.0 Å². The molecule has 1 aliphatic rings. The Hall–Kier alpha value is -3.48. The summed E-state index contributed by atoms with van der Waals surface area (Å²) in [7, 11) is 0. The van der Waals surface area contributed by atoms with Gasteiger partial charge in [-0.1, -0.05) is 18.2 Å². The monoisotopic (exact) mass is 403 g/mol. The van der Waals surface area contributed by atoms with Crippen LogP contribution in [0.25, 0.3) is 22.0 Å². The van der Waals surface area contributed by atoms with Crippen LogP contribution in [0.15, 0.2) is 61.1 Å². The fourth-order valence-electron chi connectivity index (χ4n) is 4.41. The van der Waals surface area contributed by atoms with Gasteiger partial charge in [-0.3, -0.25) is 14.6 Å². The molecule has 0 unspecified atom stereocenters. The Labute approximate surface area is 173 Å². The van der Waals surface area contributed by atoms with Gasteiger partial charge in [0.25, 0.3) is 5.91 Å². The van der Waals surface area contributed by atoms with Crippen LogP contribution in [0, 0.1) is 11.7 Å². The fraction of sp³-hybridized carbons (Fsp3) is 0.261. The molecule has 1 N–H and O–H groups in total. The molecule has 152 valence electrons. The van der Waals surface area contributed by atoms with Crippen molar-refractivity contribution >= 4 is 16.8 Å². The van der Waals surface area contributed by atoms with E-state index in [9.17, 15) is 9.18 Å². The first-order valence-electron chi connectivity index (χ1n) is 10.1. The number of fused-ring (bicyclic) bond motifs is 1. The van der Waals surface area contributed by atoms with Crippen molar-refractivity contribution in [2.45, 2.75) is 25.9 Å². The summed E-state index contributed by atoms with van der Waals surface area (Å²) in [4.78, 5) is 14.6. The molecular formula is C23H22FN5O. The van der Waals surface area contributed by atoms with E-state index in [1.807, 2.05) is 24.0 Å². The zero-order valence-electron chi connectivity index (χ0n) is 16.6. The highest BCUT2D eigenvalue weighted by Gasteiger charge is 2.34. The van der Waals surface area contributed by atoms with Crippen LogP contribution in [-0.4, -0.2) is 43.4 Å². The Kier molecular flexibility index (Phi) is 4.58. The van der Waals surface area contributed by atoms with Crippen LogP contribution in [0.1, 0.15) is 23.7 Å². The SMILES string of the molecule is C[C@@H]1C[C@@H](Cn2ncc3cc(-c4cn[nH]c4)ccc32)CN1C(=O)c1ccccc1F. The van der Waals surface area contributed by atoms with Crippen LogP contribution < -0.4 is 0 Å². The lowest BCUT2D eigenvalue weighted by atomic mass is 10.1. The number of rotatable bonds is 4. The summed E-state index contributed by atoms with van der Waals surface area (Å²) in [5, 5.41) is 12.5. The first kappa shape index (κ1) is 18.5.